The Balaban J connectivity index is 1.36. The molecule has 1 fully saturated rings. The Morgan fingerprint density at radius 2 is 2.04 bits per heavy atom. The van der Waals surface area contributed by atoms with Crippen molar-refractivity contribution in [3.63, 3.8) is 0 Å². The van der Waals surface area contributed by atoms with Crippen molar-refractivity contribution in [2.75, 3.05) is 39.5 Å². The third-order valence-electron chi connectivity index (χ3n) is 5.22. The van der Waals surface area contributed by atoms with Gasteiger partial charge in [0.2, 0.25) is 0 Å². The lowest BCUT2D eigenvalue weighted by Crippen LogP contribution is -2.37. The molecule has 0 amide bonds. The van der Waals surface area contributed by atoms with Crippen LogP contribution in [0, 0.1) is 0 Å². The highest BCUT2D eigenvalue weighted by molar-refractivity contribution is 9.10. The molecular weight excluding hydrogens is 422 g/mol. The Morgan fingerprint density at radius 1 is 1.14 bits per heavy atom. The maximum absolute atomic E-state index is 5.88. The van der Waals surface area contributed by atoms with Gasteiger partial charge >= 0.3 is 0 Å². The summed E-state index contributed by atoms with van der Waals surface area (Å²) in [6.45, 7) is 6.07. The van der Waals surface area contributed by atoms with Gasteiger partial charge in [0.25, 0.3) is 0 Å². The summed E-state index contributed by atoms with van der Waals surface area (Å²) in [6, 6.07) is 6.06. The number of benzene rings is 1. The van der Waals surface area contributed by atoms with Crippen molar-refractivity contribution < 1.29 is 9.47 Å². The third kappa shape index (κ3) is 3.59. The number of aromatic nitrogens is 4. The topological polar surface area (TPSA) is 68.2 Å². The normalized spacial score (nSPS) is 16.9. The summed E-state index contributed by atoms with van der Waals surface area (Å²) in [7, 11) is 0. The molecule has 2 aliphatic rings. The molecule has 146 valence electrons. The molecule has 1 aromatic carbocycles. The highest BCUT2D eigenvalue weighted by atomic mass is 79.9. The number of imidazole rings is 2. The van der Waals surface area contributed by atoms with Gasteiger partial charge in [-0.15, -0.1) is 0 Å². The number of hydrogen-bond donors (Lipinski definition) is 1. The Labute approximate surface area is 171 Å². The second-order valence-corrected chi connectivity index (χ2v) is 8.01. The van der Waals surface area contributed by atoms with Crippen LogP contribution < -0.4 is 4.74 Å². The smallest absolute Gasteiger partial charge is 0.157 e. The Morgan fingerprint density at radius 3 is 2.93 bits per heavy atom. The maximum Gasteiger partial charge on any atom is 0.157 e. The number of fused-ring (bicyclic) bond motifs is 3. The van der Waals surface area contributed by atoms with E-state index in [0.29, 0.717) is 6.61 Å². The fourth-order valence-corrected chi connectivity index (χ4v) is 4.03. The summed E-state index contributed by atoms with van der Waals surface area (Å²) in [5.74, 6) is 2.59. The number of H-pyrrole nitrogens is 1. The van der Waals surface area contributed by atoms with Gasteiger partial charge in [-0.1, -0.05) is 15.9 Å². The van der Waals surface area contributed by atoms with Gasteiger partial charge in [0, 0.05) is 48.6 Å². The lowest BCUT2D eigenvalue weighted by molar-refractivity contribution is 0.0383. The second-order valence-electron chi connectivity index (χ2n) is 7.09. The number of hydrogen-bond acceptors (Lipinski definition) is 5. The summed E-state index contributed by atoms with van der Waals surface area (Å²) in [5.41, 5.74) is 3.01. The number of aromatic amines is 1. The molecule has 0 radical (unpaired) electrons. The molecule has 0 spiro atoms. The van der Waals surface area contributed by atoms with Crippen LogP contribution in [0.2, 0.25) is 0 Å². The highest BCUT2D eigenvalue weighted by Gasteiger charge is 2.20. The minimum Gasteiger partial charge on any atom is -0.491 e. The fourth-order valence-electron chi connectivity index (χ4n) is 3.69. The van der Waals surface area contributed by atoms with Crippen LogP contribution in [0.5, 0.6) is 5.75 Å². The molecular formula is C20H22BrN5O2. The van der Waals surface area contributed by atoms with E-state index in [2.05, 4.69) is 41.6 Å². The number of rotatable bonds is 4. The molecule has 0 unspecified atom stereocenters. The van der Waals surface area contributed by atoms with E-state index in [1.807, 2.05) is 24.4 Å². The van der Waals surface area contributed by atoms with E-state index in [1.54, 1.807) is 0 Å². The Kier molecular flexibility index (Phi) is 4.92. The largest absolute Gasteiger partial charge is 0.491 e. The van der Waals surface area contributed by atoms with Crippen molar-refractivity contribution in [3.05, 3.63) is 40.8 Å². The quantitative estimate of drug-likeness (QED) is 0.671. The van der Waals surface area contributed by atoms with Crippen LogP contribution in [-0.2, 0) is 17.7 Å². The van der Waals surface area contributed by atoms with E-state index >= 15 is 0 Å². The van der Waals surface area contributed by atoms with Crippen LogP contribution in [0.3, 0.4) is 0 Å². The summed E-state index contributed by atoms with van der Waals surface area (Å²) < 4.78 is 14.4. The fraction of sp³-hybridized carbons (Fsp3) is 0.400. The van der Waals surface area contributed by atoms with Crippen LogP contribution >= 0.6 is 15.9 Å². The highest BCUT2D eigenvalue weighted by Crippen LogP contribution is 2.35. The first kappa shape index (κ1) is 17.9. The molecule has 0 aliphatic carbocycles. The monoisotopic (exact) mass is 443 g/mol. The van der Waals surface area contributed by atoms with Crippen LogP contribution in [0.15, 0.2) is 35.1 Å². The zero-order valence-corrected chi connectivity index (χ0v) is 17.1. The van der Waals surface area contributed by atoms with Crippen molar-refractivity contribution >= 4 is 15.9 Å². The van der Waals surface area contributed by atoms with E-state index in [9.17, 15) is 0 Å². The summed E-state index contributed by atoms with van der Waals surface area (Å²) in [5, 5.41) is 0. The van der Waals surface area contributed by atoms with E-state index < -0.39 is 0 Å². The van der Waals surface area contributed by atoms with Crippen molar-refractivity contribution in [3.8, 4) is 28.7 Å². The van der Waals surface area contributed by atoms with Gasteiger partial charge in [0.15, 0.2) is 5.82 Å². The molecule has 1 saturated heterocycles. The molecule has 2 aliphatic heterocycles. The molecule has 4 heterocycles. The molecule has 3 aromatic rings. The lowest BCUT2D eigenvalue weighted by Gasteiger charge is -2.26. The van der Waals surface area contributed by atoms with E-state index in [4.69, 9.17) is 14.5 Å². The average Bonchev–Trinajstić information content (AvgIpc) is 3.31. The van der Waals surface area contributed by atoms with Gasteiger partial charge < -0.3 is 19.0 Å². The molecule has 8 heteroatoms. The molecule has 5 rings (SSSR count). The van der Waals surface area contributed by atoms with Gasteiger partial charge in [-0.25, -0.2) is 9.97 Å². The van der Waals surface area contributed by atoms with Crippen LogP contribution in [0.1, 0.15) is 5.69 Å². The van der Waals surface area contributed by atoms with E-state index in [0.717, 1.165) is 84.6 Å². The molecule has 2 aromatic heterocycles. The predicted octanol–water partition coefficient (Wildman–Crippen LogP) is 2.97. The first-order chi connectivity index (χ1) is 13.8. The number of morpholine rings is 1. The van der Waals surface area contributed by atoms with Gasteiger partial charge in [0.05, 0.1) is 25.3 Å². The predicted molar refractivity (Wildman–Crippen MR) is 109 cm³/mol. The summed E-state index contributed by atoms with van der Waals surface area (Å²) in [6.07, 6.45) is 4.93. The lowest BCUT2D eigenvalue weighted by atomic mass is 10.2. The van der Waals surface area contributed by atoms with Crippen molar-refractivity contribution in [1.29, 1.82) is 0 Å². The summed E-state index contributed by atoms with van der Waals surface area (Å²) in [4.78, 5) is 15.3. The van der Waals surface area contributed by atoms with Crippen LogP contribution in [-0.4, -0.2) is 63.9 Å². The van der Waals surface area contributed by atoms with Crippen molar-refractivity contribution in [1.82, 2.24) is 24.4 Å². The molecule has 28 heavy (non-hydrogen) atoms. The minimum absolute atomic E-state index is 0.620. The SMILES string of the molecule is Brc1ccc2c(c1)OCCn1cc(-c3ncc(CCN4CCOCC4)[nH]3)nc1-2. The van der Waals surface area contributed by atoms with E-state index in [-0.39, 0.29) is 0 Å². The molecule has 0 bridgehead atoms. The van der Waals surface area contributed by atoms with Gasteiger partial charge in [-0.3, -0.25) is 4.90 Å². The molecule has 0 atom stereocenters. The standard InChI is InChI=1S/C20H22BrN5O2/c21-14-1-2-16-18(11-14)28-10-7-26-13-17(24-20(16)26)19-22-12-15(23-19)3-4-25-5-8-27-9-6-25/h1-2,11-13H,3-10H2,(H,22,23). The van der Waals surface area contributed by atoms with E-state index in [1.165, 1.54) is 0 Å². The number of nitrogens with one attached hydrogen (secondary N) is 1. The zero-order valence-electron chi connectivity index (χ0n) is 15.5. The third-order valence-corrected chi connectivity index (χ3v) is 5.72. The minimum atomic E-state index is 0.620. The van der Waals surface area contributed by atoms with Gasteiger partial charge in [-0.2, -0.15) is 0 Å². The van der Waals surface area contributed by atoms with Crippen molar-refractivity contribution in [2.24, 2.45) is 0 Å². The number of ether oxygens (including phenoxy) is 2. The maximum atomic E-state index is 5.88. The molecule has 1 N–H and O–H groups in total. The zero-order chi connectivity index (χ0) is 18.9. The van der Waals surface area contributed by atoms with Gasteiger partial charge in [-0.05, 0) is 18.2 Å². The van der Waals surface area contributed by atoms with Crippen LogP contribution in [0.4, 0.5) is 0 Å². The van der Waals surface area contributed by atoms with Crippen molar-refractivity contribution in [2.45, 2.75) is 13.0 Å². The second kappa shape index (κ2) is 7.69. The molecule has 0 saturated carbocycles. The van der Waals surface area contributed by atoms with Crippen LogP contribution in [0.25, 0.3) is 22.9 Å². The first-order valence-electron chi connectivity index (χ1n) is 9.60. The number of nitrogens with zero attached hydrogens (tertiary/aromatic N) is 4. The van der Waals surface area contributed by atoms with Gasteiger partial charge in [0.1, 0.15) is 23.9 Å². The Bertz CT molecular complexity index is 977. The number of halogens is 1. The average molecular weight is 444 g/mol. The Hall–Kier alpha value is -2.16. The first-order valence-corrected chi connectivity index (χ1v) is 10.4. The molecule has 7 nitrogen and oxygen atoms in total. The summed E-state index contributed by atoms with van der Waals surface area (Å²) >= 11 is 3.51.